The maximum Gasteiger partial charge on any atom is 0.242 e. The maximum atomic E-state index is 12.3. The minimum Gasteiger partial charge on any atom is -0.378 e. The number of hydrogen-bond donors (Lipinski definition) is 1. The third-order valence-corrected chi connectivity index (χ3v) is 3.66. The summed E-state index contributed by atoms with van der Waals surface area (Å²) in [5.41, 5.74) is 2.64. The highest BCUT2D eigenvalue weighted by atomic mass is 16.5. The maximum absolute atomic E-state index is 12.3. The molecule has 4 heteroatoms. The lowest BCUT2D eigenvalue weighted by Gasteiger charge is -2.33. The van der Waals surface area contributed by atoms with Crippen molar-refractivity contribution in [1.29, 1.82) is 0 Å². The second kappa shape index (κ2) is 5.08. The van der Waals surface area contributed by atoms with Crippen LogP contribution in [0.15, 0.2) is 24.3 Å². The number of morpholine rings is 1. The Morgan fingerprint density at radius 1 is 1.33 bits per heavy atom. The third-order valence-electron chi connectivity index (χ3n) is 3.66. The van der Waals surface area contributed by atoms with Crippen LogP contribution in [-0.2, 0) is 22.5 Å². The number of hydrogen-bond acceptors (Lipinski definition) is 3. The van der Waals surface area contributed by atoms with E-state index in [2.05, 4.69) is 23.5 Å². The molecule has 0 aromatic heterocycles. The number of carbonyl (C=O) groups excluding carboxylic acids is 1. The topological polar surface area (TPSA) is 41.6 Å². The lowest BCUT2D eigenvalue weighted by molar-refractivity contribution is -0.137. The number of nitrogens with one attached hydrogen (secondary N) is 1. The zero-order chi connectivity index (χ0) is 12.4. The molecule has 3 rings (SSSR count). The predicted molar refractivity (Wildman–Crippen MR) is 68.2 cm³/mol. The lowest BCUT2D eigenvalue weighted by atomic mass is 9.99. The summed E-state index contributed by atoms with van der Waals surface area (Å²) in [5, 5.41) is 3.22. The molecule has 1 unspecified atom stereocenters. The molecule has 0 bridgehead atoms. The first-order valence-electron chi connectivity index (χ1n) is 6.51. The highest BCUT2D eigenvalue weighted by Gasteiger charge is 2.28. The van der Waals surface area contributed by atoms with Crippen LogP contribution in [0.5, 0.6) is 0 Å². The van der Waals surface area contributed by atoms with Gasteiger partial charge in [0.1, 0.15) is 6.04 Å². The van der Waals surface area contributed by atoms with Crippen LogP contribution in [0.3, 0.4) is 0 Å². The van der Waals surface area contributed by atoms with Crippen LogP contribution < -0.4 is 5.32 Å². The van der Waals surface area contributed by atoms with Crippen molar-refractivity contribution in [3.05, 3.63) is 35.4 Å². The van der Waals surface area contributed by atoms with Gasteiger partial charge in [-0.3, -0.25) is 4.79 Å². The fourth-order valence-corrected chi connectivity index (χ4v) is 2.63. The number of nitrogens with zero attached hydrogens (tertiary/aromatic N) is 1. The summed E-state index contributed by atoms with van der Waals surface area (Å²) in [6.45, 7) is 3.51. The fraction of sp³-hybridized carbons (Fsp3) is 0.500. The summed E-state index contributed by atoms with van der Waals surface area (Å²) < 4.78 is 5.35. The van der Waals surface area contributed by atoms with E-state index in [-0.39, 0.29) is 11.9 Å². The summed E-state index contributed by atoms with van der Waals surface area (Å²) in [6, 6.07) is 8.20. The molecule has 1 fully saturated rings. The Morgan fingerprint density at radius 3 is 2.94 bits per heavy atom. The van der Waals surface area contributed by atoms with Gasteiger partial charge in [-0.25, -0.2) is 0 Å². The van der Waals surface area contributed by atoms with E-state index in [1.54, 1.807) is 0 Å². The summed E-state index contributed by atoms with van der Waals surface area (Å²) in [7, 11) is 0. The first kappa shape index (κ1) is 11.7. The zero-order valence-corrected chi connectivity index (χ0v) is 10.4. The van der Waals surface area contributed by atoms with Gasteiger partial charge in [0.25, 0.3) is 0 Å². The molecular weight excluding hydrogens is 228 g/mol. The highest BCUT2D eigenvalue weighted by molar-refractivity contribution is 5.82. The van der Waals surface area contributed by atoms with Gasteiger partial charge < -0.3 is 15.0 Å². The second-order valence-corrected chi connectivity index (χ2v) is 4.86. The Hall–Kier alpha value is -1.39. The Morgan fingerprint density at radius 2 is 2.17 bits per heavy atom. The molecule has 96 valence electrons. The SMILES string of the molecule is O=C(C1COCCN1)N1CCc2ccccc2C1. The van der Waals surface area contributed by atoms with E-state index in [1.165, 1.54) is 11.1 Å². The predicted octanol–water partition coefficient (Wildman–Crippen LogP) is 0.560. The smallest absolute Gasteiger partial charge is 0.242 e. The van der Waals surface area contributed by atoms with E-state index in [4.69, 9.17) is 4.74 Å². The van der Waals surface area contributed by atoms with Crippen LogP contribution in [0, 0.1) is 0 Å². The Labute approximate surface area is 107 Å². The van der Waals surface area contributed by atoms with Crippen molar-refractivity contribution in [2.75, 3.05) is 26.3 Å². The molecule has 2 aliphatic heterocycles. The van der Waals surface area contributed by atoms with E-state index >= 15 is 0 Å². The van der Waals surface area contributed by atoms with Gasteiger partial charge in [-0.05, 0) is 17.5 Å². The fourth-order valence-electron chi connectivity index (χ4n) is 2.63. The summed E-state index contributed by atoms with van der Waals surface area (Å²) in [6.07, 6.45) is 0.954. The van der Waals surface area contributed by atoms with E-state index in [0.29, 0.717) is 13.2 Å². The molecule has 1 saturated heterocycles. The quantitative estimate of drug-likeness (QED) is 0.787. The Kier molecular flexibility index (Phi) is 3.30. The Balaban J connectivity index is 1.69. The molecule has 0 saturated carbocycles. The summed E-state index contributed by atoms with van der Waals surface area (Å²) >= 11 is 0. The standard InChI is InChI=1S/C14H18N2O2/c17-14(13-10-18-8-6-15-13)16-7-5-11-3-1-2-4-12(11)9-16/h1-4,13,15H,5-10H2. The number of rotatable bonds is 1. The van der Waals surface area contributed by atoms with Crippen LogP contribution in [0.1, 0.15) is 11.1 Å². The van der Waals surface area contributed by atoms with Gasteiger partial charge in [-0.2, -0.15) is 0 Å². The number of carbonyl (C=O) groups is 1. The number of amides is 1. The molecule has 2 heterocycles. The van der Waals surface area contributed by atoms with Crippen molar-refractivity contribution in [3.63, 3.8) is 0 Å². The normalized spacial score (nSPS) is 23.6. The van der Waals surface area contributed by atoms with E-state index in [9.17, 15) is 4.79 Å². The van der Waals surface area contributed by atoms with Crippen LogP contribution in [0.4, 0.5) is 0 Å². The molecule has 1 N–H and O–H groups in total. The Bertz CT molecular complexity index is 441. The van der Waals surface area contributed by atoms with E-state index < -0.39 is 0 Å². The summed E-state index contributed by atoms with van der Waals surface area (Å²) in [5.74, 6) is 0.171. The molecule has 18 heavy (non-hydrogen) atoms. The molecular formula is C14H18N2O2. The van der Waals surface area contributed by atoms with Crippen molar-refractivity contribution in [1.82, 2.24) is 10.2 Å². The van der Waals surface area contributed by atoms with Crippen LogP contribution in [-0.4, -0.2) is 43.2 Å². The van der Waals surface area contributed by atoms with E-state index in [0.717, 1.165) is 26.1 Å². The first-order valence-corrected chi connectivity index (χ1v) is 6.51. The third kappa shape index (κ3) is 2.26. The molecule has 1 atom stereocenters. The molecule has 4 nitrogen and oxygen atoms in total. The van der Waals surface area contributed by atoms with Gasteiger partial charge >= 0.3 is 0 Å². The van der Waals surface area contributed by atoms with Gasteiger partial charge in [0, 0.05) is 19.6 Å². The lowest BCUT2D eigenvalue weighted by Crippen LogP contribution is -2.53. The average molecular weight is 246 g/mol. The zero-order valence-electron chi connectivity index (χ0n) is 10.4. The van der Waals surface area contributed by atoms with Gasteiger partial charge in [-0.15, -0.1) is 0 Å². The van der Waals surface area contributed by atoms with Gasteiger partial charge in [0.15, 0.2) is 0 Å². The molecule has 1 aromatic carbocycles. The summed E-state index contributed by atoms with van der Waals surface area (Å²) in [4.78, 5) is 14.3. The van der Waals surface area contributed by atoms with Crippen molar-refractivity contribution in [2.45, 2.75) is 19.0 Å². The first-order chi connectivity index (χ1) is 8.84. The van der Waals surface area contributed by atoms with Gasteiger partial charge in [0.05, 0.1) is 13.2 Å². The molecule has 1 aromatic rings. The number of fused-ring (bicyclic) bond motifs is 1. The number of ether oxygens (including phenoxy) is 1. The number of benzene rings is 1. The van der Waals surface area contributed by atoms with Gasteiger partial charge in [-0.1, -0.05) is 24.3 Å². The van der Waals surface area contributed by atoms with Crippen molar-refractivity contribution in [3.8, 4) is 0 Å². The largest absolute Gasteiger partial charge is 0.378 e. The molecule has 0 radical (unpaired) electrons. The highest BCUT2D eigenvalue weighted by Crippen LogP contribution is 2.19. The molecule has 2 aliphatic rings. The second-order valence-electron chi connectivity index (χ2n) is 4.86. The molecule has 1 amide bonds. The van der Waals surface area contributed by atoms with Crippen molar-refractivity contribution < 1.29 is 9.53 Å². The van der Waals surface area contributed by atoms with Crippen LogP contribution >= 0.6 is 0 Å². The average Bonchev–Trinajstić information content (AvgIpc) is 2.47. The van der Waals surface area contributed by atoms with Crippen LogP contribution in [0.2, 0.25) is 0 Å². The van der Waals surface area contributed by atoms with Crippen molar-refractivity contribution in [2.24, 2.45) is 0 Å². The minimum atomic E-state index is -0.163. The van der Waals surface area contributed by atoms with Crippen molar-refractivity contribution >= 4 is 5.91 Å². The molecule has 0 spiro atoms. The van der Waals surface area contributed by atoms with Crippen LogP contribution in [0.25, 0.3) is 0 Å². The minimum absolute atomic E-state index is 0.163. The molecule has 0 aliphatic carbocycles. The van der Waals surface area contributed by atoms with E-state index in [1.807, 2.05) is 11.0 Å². The van der Waals surface area contributed by atoms with Gasteiger partial charge in [0.2, 0.25) is 5.91 Å². The monoisotopic (exact) mass is 246 g/mol.